The van der Waals surface area contributed by atoms with Gasteiger partial charge < -0.3 is 14.5 Å². The van der Waals surface area contributed by atoms with Gasteiger partial charge in [-0.15, -0.1) is 0 Å². The molecule has 27 heavy (non-hydrogen) atoms. The van der Waals surface area contributed by atoms with Crippen LogP contribution in [0.25, 0.3) is 0 Å². The average Bonchev–Trinajstić information content (AvgIpc) is 2.93. The molecule has 1 aromatic carbocycles. The monoisotopic (exact) mass is 373 g/mol. The molecule has 2 aliphatic heterocycles. The van der Waals surface area contributed by atoms with Crippen LogP contribution in [-0.2, 0) is 4.79 Å². The van der Waals surface area contributed by atoms with Gasteiger partial charge in [-0.05, 0) is 63.5 Å². The normalized spacial score (nSPS) is 21.7. The quantitative estimate of drug-likeness (QED) is 0.815. The fourth-order valence-electron chi connectivity index (χ4n) is 4.13. The van der Waals surface area contributed by atoms with E-state index in [-0.39, 0.29) is 17.9 Å². The van der Waals surface area contributed by atoms with Gasteiger partial charge in [-0.2, -0.15) is 0 Å². The van der Waals surface area contributed by atoms with Crippen LogP contribution < -0.4 is 4.74 Å². The van der Waals surface area contributed by atoms with E-state index in [0.717, 1.165) is 43.7 Å². The first kappa shape index (κ1) is 19.7. The molecule has 2 heterocycles. The summed E-state index contributed by atoms with van der Waals surface area (Å²) in [6.45, 7) is 5.56. The summed E-state index contributed by atoms with van der Waals surface area (Å²) in [5, 5.41) is 0. The maximum atomic E-state index is 12.9. The Labute approximate surface area is 162 Å². The van der Waals surface area contributed by atoms with Crippen molar-refractivity contribution in [3.05, 3.63) is 29.3 Å². The van der Waals surface area contributed by atoms with Gasteiger partial charge >= 0.3 is 0 Å². The first-order chi connectivity index (χ1) is 13.0. The molecule has 1 unspecified atom stereocenters. The standard InChI is InChI=1S/C21H31N3O3/c1-16-15-17(8-9-19(16)27-3)20(25)23-11-6-12-24(14-13-23)21(26)18-7-4-5-10-22(18)2/h8-9,15,18H,4-7,10-14H2,1-3H3. The number of carbonyl (C=O) groups excluding carboxylic acids is 2. The molecule has 1 aromatic rings. The minimum Gasteiger partial charge on any atom is -0.496 e. The number of hydrogen-bond donors (Lipinski definition) is 0. The number of likely N-dealkylation sites (tertiary alicyclic amines) is 1. The largest absolute Gasteiger partial charge is 0.496 e. The van der Waals surface area contributed by atoms with Gasteiger partial charge in [-0.25, -0.2) is 0 Å². The highest BCUT2D eigenvalue weighted by atomic mass is 16.5. The summed E-state index contributed by atoms with van der Waals surface area (Å²) in [7, 11) is 3.68. The summed E-state index contributed by atoms with van der Waals surface area (Å²) >= 11 is 0. The minimum absolute atomic E-state index is 0.00485. The number of nitrogens with zero attached hydrogens (tertiary/aromatic N) is 3. The number of ether oxygens (including phenoxy) is 1. The van der Waals surface area contributed by atoms with Crippen molar-refractivity contribution in [3.63, 3.8) is 0 Å². The van der Waals surface area contributed by atoms with Crippen LogP contribution in [0.5, 0.6) is 5.75 Å². The Balaban J connectivity index is 1.63. The molecule has 6 nitrogen and oxygen atoms in total. The van der Waals surface area contributed by atoms with Gasteiger partial charge in [0, 0.05) is 31.7 Å². The zero-order valence-electron chi connectivity index (χ0n) is 16.7. The number of methoxy groups -OCH3 is 1. The van der Waals surface area contributed by atoms with Gasteiger partial charge in [0.25, 0.3) is 5.91 Å². The summed E-state index contributed by atoms with van der Waals surface area (Å²) in [5.41, 5.74) is 1.63. The second-order valence-corrected chi connectivity index (χ2v) is 7.65. The van der Waals surface area contributed by atoms with E-state index < -0.39 is 0 Å². The Morgan fingerprint density at radius 3 is 2.44 bits per heavy atom. The van der Waals surface area contributed by atoms with Crippen molar-refractivity contribution in [2.45, 2.75) is 38.6 Å². The van der Waals surface area contributed by atoms with Crippen LogP contribution in [0.15, 0.2) is 18.2 Å². The lowest BCUT2D eigenvalue weighted by molar-refractivity contribution is -0.137. The Bertz CT molecular complexity index is 691. The third kappa shape index (κ3) is 4.43. The topological polar surface area (TPSA) is 53.1 Å². The predicted octanol–water partition coefficient (Wildman–Crippen LogP) is 2.16. The molecule has 148 valence electrons. The second-order valence-electron chi connectivity index (χ2n) is 7.65. The number of amides is 2. The fourth-order valence-corrected chi connectivity index (χ4v) is 4.13. The van der Waals surface area contributed by atoms with Crippen molar-refractivity contribution in [1.29, 1.82) is 0 Å². The molecule has 0 saturated carbocycles. The molecule has 2 amide bonds. The molecule has 0 N–H and O–H groups in total. The highest BCUT2D eigenvalue weighted by Gasteiger charge is 2.31. The lowest BCUT2D eigenvalue weighted by Gasteiger charge is -2.35. The fraction of sp³-hybridized carbons (Fsp3) is 0.619. The molecule has 2 saturated heterocycles. The third-order valence-electron chi connectivity index (χ3n) is 5.79. The Morgan fingerprint density at radius 2 is 1.74 bits per heavy atom. The van der Waals surface area contributed by atoms with E-state index in [1.807, 2.05) is 42.0 Å². The predicted molar refractivity (Wildman–Crippen MR) is 105 cm³/mol. The Hall–Kier alpha value is -2.08. The van der Waals surface area contributed by atoms with Gasteiger partial charge in [0.05, 0.1) is 13.2 Å². The number of likely N-dealkylation sites (N-methyl/N-ethyl adjacent to an activating group) is 1. The van der Waals surface area contributed by atoms with E-state index in [9.17, 15) is 9.59 Å². The van der Waals surface area contributed by atoms with Gasteiger partial charge in [-0.3, -0.25) is 14.5 Å². The van der Waals surface area contributed by atoms with Gasteiger partial charge in [0.2, 0.25) is 5.91 Å². The van der Waals surface area contributed by atoms with Crippen LogP contribution in [-0.4, -0.2) is 79.4 Å². The number of hydrogen-bond acceptors (Lipinski definition) is 4. The first-order valence-corrected chi connectivity index (χ1v) is 9.94. The van der Waals surface area contributed by atoms with Gasteiger partial charge in [0.1, 0.15) is 5.75 Å². The van der Waals surface area contributed by atoms with Crippen LogP contribution in [0, 0.1) is 6.92 Å². The smallest absolute Gasteiger partial charge is 0.253 e. The number of aryl methyl sites for hydroxylation is 1. The maximum absolute atomic E-state index is 12.9. The van der Waals surface area contributed by atoms with Crippen LogP contribution in [0.4, 0.5) is 0 Å². The molecule has 2 fully saturated rings. The third-order valence-corrected chi connectivity index (χ3v) is 5.79. The van der Waals surface area contributed by atoms with Crippen molar-refractivity contribution in [2.24, 2.45) is 0 Å². The minimum atomic E-state index is 0.00485. The van der Waals surface area contributed by atoms with Crippen molar-refractivity contribution >= 4 is 11.8 Å². The molecule has 3 rings (SSSR count). The van der Waals surface area contributed by atoms with E-state index in [4.69, 9.17) is 4.74 Å². The average molecular weight is 373 g/mol. The van der Waals surface area contributed by atoms with Gasteiger partial charge in [-0.1, -0.05) is 6.42 Å². The summed E-state index contributed by atoms with van der Waals surface area (Å²) in [4.78, 5) is 31.9. The van der Waals surface area contributed by atoms with Crippen molar-refractivity contribution in [2.75, 3.05) is 46.9 Å². The van der Waals surface area contributed by atoms with Crippen molar-refractivity contribution < 1.29 is 14.3 Å². The van der Waals surface area contributed by atoms with E-state index in [1.165, 1.54) is 6.42 Å². The lowest BCUT2D eigenvalue weighted by atomic mass is 10.0. The molecular weight excluding hydrogens is 342 g/mol. The maximum Gasteiger partial charge on any atom is 0.253 e. The molecule has 6 heteroatoms. The highest BCUT2D eigenvalue weighted by molar-refractivity contribution is 5.94. The van der Waals surface area contributed by atoms with E-state index >= 15 is 0 Å². The summed E-state index contributed by atoms with van der Waals surface area (Å²) in [5.74, 6) is 1.05. The van der Waals surface area contributed by atoms with Crippen molar-refractivity contribution in [1.82, 2.24) is 14.7 Å². The van der Waals surface area contributed by atoms with Crippen molar-refractivity contribution in [3.8, 4) is 5.75 Å². The first-order valence-electron chi connectivity index (χ1n) is 9.94. The van der Waals surface area contributed by atoms with E-state index in [0.29, 0.717) is 25.2 Å². The molecular formula is C21H31N3O3. The SMILES string of the molecule is COc1ccc(C(=O)N2CCCN(C(=O)C3CCCCN3C)CC2)cc1C. The zero-order chi connectivity index (χ0) is 19.4. The molecule has 0 radical (unpaired) electrons. The van der Waals surface area contributed by atoms with Crippen LogP contribution >= 0.6 is 0 Å². The number of carbonyl (C=O) groups is 2. The molecule has 2 aliphatic rings. The molecule has 1 atom stereocenters. The van der Waals surface area contributed by atoms with E-state index in [2.05, 4.69) is 4.90 Å². The summed E-state index contributed by atoms with van der Waals surface area (Å²) < 4.78 is 5.28. The number of piperidine rings is 1. The number of rotatable bonds is 3. The molecule has 0 spiro atoms. The van der Waals surface area contributed by atoms with Crippen LogP contribution in [0.2, 0.25) is 0 Å². The molecule has 0 bridgehead atoms. The summed E-state index contributed by atoms with van der Waals surface area (Å²) in [6.07, 6.45) is 4.06. The Kier molecular flexibility index (Phi) is 6.37. The Morgan fingerprint density at radius 1 is 1.00 bits per heavy atom. The zero-order valence-corrected chi connectivity index (χ0v) is 16.7. The van der Waals surface area contributed by atoms with Gasteiger partial charge in [0.15, 0.2) is 0 Å². The van der Waals surface area contributed by atoms with E-state index in [1.54, 1.807) is 7.11 Å². The molecule has 0 aliphatic carbocycles. The summed E-state index contributed by atoms with van der Waals surface area (Å²) in [6, 6.07) is 5.55. The second kappa shape index (κ2) is 8.74. The highest BCUT2D eigenvalue weighted by Crippen LogP contribution is 2.21. The van der Waals surface area contributed by atoms with Crippen LogP contribution in [0.3, 0.4) is 0 Å². The molecule has 0 aromatic heterocycles. The number of benzene rings is 1. The lowest BCUT2D eigenvalue weighted by Crippen LogP contribution is -2.50. The van der Waals surface area contributed by atoms with Crippen LogP contribution in [0.1, 0.15) is 41.6 Å².